The van der Waals surface area contributed by atoms with Crippen molar-refractivity contribution in [1.29, 1.82) is 0 Å². The van der Waals surface area contributed by atoms with Gasteiger partial charge in [0.15, 0.2) is 0 Å². The van der Waals surface area contributed by atoms with Crippen LogP contribution in [-0.4, -0.2) is 25.6 Å². The molecule has 2 aromatic rings. The first-order valence-electron chi connectivity index (χ1n) is 7.06. The molecule has 1 aromatic heterocycles. The molecule has 0 unspecified atom stereocenters. The van der Waals surface area contributed by atoms with Gasteiger partial charge in [-0.3, -0.25) is 0 Å². The highest BCUT2D eigenvalue weighted by atomic mass is 32.1. The number of anilines is 1. The highest BCUT2D eigenvalue weighted by molar-refractivity contribution is 7.15. The van der Waals surface area contributed by atoms with Gasteiger partial charge in [-0.2, -0.15) is 0 Å². The zero-order valence-electron chi connectivity index (χ0n) is 12.7. The Labute approximate surface area is 125 Å². The molecule has 0 radical (unpaired) electrons. The molecule has 0 aliphatic carbocycles. The van der Waals surface area contributed by atoms with Crippen LogP contribution in [0.2, 0.25) is 0 Å². The fourth-order valence-electron chi connectivity index (χ4n) is 2.00. The lowest BCUT2D eigenvalue weighted by Crippen LogP contribution is -2.13. The van der Waals surface area contributed by atoms with E-state index in [-0.39, 0.29) is 0 Å². The number of aryl methyl sites for hydroxylation is 1. The Morgan fingerprint density at radius 2 is 1.90 bits per heavy atom. The fraction of sp³-hybridized carbons (Fsp3) is 0.438. The largest absolute Gasteiger partial charge is 0.378 e. The van der Waals surface area contributed by atoms with Crippen molar-refractivity contribution in [2.24, 2.45) is 0 Å². The van der Waals surface area contributed by atoms with Crippen molar-refractivity contribution < 1.29 is 0 Å². The number of hydrogen-bond donors (Lipinski definition) is 1. The van der Waals surface area contributed by atoms with Gasteiger partial charge in [-0.1, -0.05) is 6.92 Å². The van der Waals surface area contributed by atoms with E-state index in [2.05, 4.69) is 62.4 Å². The predicted molar refractivity (Wildman–Crippen MR) is 88.6 cm³/mol. The van der Waals surface area contributed by atoms with Crippen LogP contribution in [0.5, 0.6) is 0 Å². The summed E-state index contributed by atoms with van der Waals surface area (Å²) in [6, 6.07) is 8.58. The lowest BCUT2D eigenvalue weighted by Gasteiger charge is -2.11. The number of nitrogens with one attached hydrogen (secondary N) is 1. The van der Waals surface area contributed by atoms with Crippen LogP contribution in [0.1, 0.15) is 23.9 Å². The Morgan fingerprint density at radius 3 is 2.50 bits per heavy atom. The maximum Gasteiger partial charge on any atom is 0.123 e. The van der Waals surface area contributed by atoms with Gasteiger partial charge >= 0.3 is 0 Å². The first-order chi connectivity index (χ1) is 9.61. The SMILES string of the molecule is CCCNCc1sc(-c2ccc(N(C)C)cc2)nc1C. The Morgan fingerprint density at radius 1 is 1.20 bits per heavy atom. The molecule has 0 fully saturated rings. The number of thiazole rings is 1. The van der Waals surface area contributed by atoms with E-state index in [9.17, 15) is 0 Å². The Hall–Kier alpha value is -1.39. The molecule has 2 rings (SSSR count). The monoisotopic (exact) mass is 289 g/mol. The van der Waals surface area contributed by atoms with Crippen molar-refractivity contribution in [3.05, 3.63) is 34.8 Å². The molecule has 3 nitrogen and oxygen atoms in total. The average molecular weight is 289 g/mol. The van der Waals surface area contributed by atoms with Crippen molar-refractivity contribution in [2.45, 2.75) is 26.8 Å². The molecule has 1 aromatic carbocycles. The Kier molecular flexibility index (Phi) is 5.15. The number of rotatable bonds is 6. The van der Waals surface area contributed by atoms with E-state index in [4.69, 9.17) is 4.98 Å². The first-order valence-corrected chi connectivity index (χ1v) is 7.88. The molecule has 1 N–H and O–H groups in total. The summed E-state index contributed by atoms with van der Waals surface area (Å²) >= 11 is 1.79. The number of nitrogens with zero attached hydrogens (tertiary/aromatic N) is 2. The smallest absolute Gasteiger partial charge is 0.123 e. The third kappa shape index (κ3) is 3.58. The lowest BCUT2D eigenvalue weighted by atomic mass is 10.2. The van der Waals surface area contributed by atoms with Gasteiger partial charge in [0.1, 0.15) is 5.01 Å². The molecule has 0 aliphatic heterocycles. The van der Waals surface area contributed by atoms with E-state index in [0.29, 0.717) is 0 Å². The first kappa shape index (κ1) is 15.0. The van der Waals surface area contributed by atoms with Crippen LogP contribution in [0.4, 0.5) is 5.69 Å². The van der Waals surface area contributed by atoms with Crippen molar-refractivity contribution >= 4 is 17.0 Å². The van der Waals surface area contributed by atoms with Gasteiger partial charge in [0.25, 0.3) is 0 Å². The van der Waals surface area contributed by atoms with Crippen LogP contribution >= 0.6 is 11.3 Å². The third-order valence-corrected chi connectivity index (χ3v) is 4.44. The molecule has 0 saturated heterocycles. The van der Waals surface area contributed by atoms with Crippen molar-refractivity contribution in [1.82, 2.24) is 10.3 Å². The molecule has 0 saturated carbocycles. The summed E-state index contributed by atoms with van der Waals surface area (Å²) in [5.41, 5.74) is 3.56. The minimum atomic E-state index is 0.924. The molecule has 0 atom stereocenters. The van der Waals surface area contributed by atoms with Gasteiger partial charge in [-0.25, -0.2) is 4.98 Å². The van der Waals surface area contributed by atoms with E-state index >= 15 is 0 Å². The molecule has 0 spiro atoms. The average Bonchev–Trinajstić information content (AvgIpc) is 2.81. The summed E-state index contributed by atoms with van der Waals surface area (Å²) in [5, 5.41) is 4.56. The van der Waals surface area contributed by atoms with Gasteiger partial charge in [0, 0.05) is 36.8 Å². The zero-order chi connectivity index (χ0) is 14.5. The zero-order valence-corrected chi connectivity index (χ0v) is 13.5. The number of benzene rings is 1. The van der Waals surface area contributed by atoms with Crippen LogP contribution in [-0.2, 0) is 6.54 Å². The van der Waals surface area contributed by atoms with E-state index < -0.39 is 0 Å². The van der Waals surface area contributed by atoms with E-state index in [1.807, 2.05) is 0 Å². The van der Waals surface area contributed by atoms with Crippen molar-refractivity contribution in [2.75, 3.05) is 25.5 Å². The molecular formula is C16H23N3S. The van der Waals surface area contributed by atoms with Crippen LogP contribution in [0.3, 0.4) is 0 Å². The van der Waals surface area contributed by atoms with Gasteiger partial charge in [0.2, 0.25) is 0 Å². The van der Waals surface area contributed by atoms with Crippen LogP contribution in [0.15, 0.2) is 24.3 Å². The summed E-state index contributed by atoms with van der Waals surface area (Å²) in [6.07, 6.45) is 1.16. The summed E-state index contributed by atoms with van der Waals surface area (Å²) in [5.74, 6) is 0. The molecule has 20 heavy (non-hydrogen) atoms. The molecule has 0 aliphatic rings. The molecule has 0 bridgehead atoms. The third-order valence-electron chi connectivity index (χ3n) is 3.24. The van der Waals surface area contributed by atoms with Crippen molar-refractivity contribution in [3.8, 4) is 10.6 Å². The maximum absolute atomic E-state index is 4.70. The molecule has 1 heterocycles. The van der Waals surface area contributed by atoms with Gasteiger partial charge in [-0.15, -0.1) is 11.3 Å². The van der Waals surface area contributed by atoms with E-state index in [1.54, 1.807) is 11.3 Å². The standard InChI is InChI=1S/C16H23N3S/c1-5-10-17-11-15-12(2)18-16(20-15)13-6-8-14(9-7-13)19(3)4/h6-9,17H,5,10-11H2,1-4H3. The molecular weight excluding hydrogens is 266 g/mol. The number of aromatic nitrogens is 1. The molecule has 4 heteroatoms. The Balaban J connectivity index is 2.14. The van der Waals surface area contributed by atoms with Gasteiger partial charge in [-0.05, 0) is 44.2 Å². The second-order valence-corrected chi connectivity index (χ2v) is 6.23. The highest BCUT2D eigenvalue weighted by Gasteiger charge is 2.09. The summed E-state index contributed by atoms with van der Waals surface area (Å²) in [6.45, 7) is 6.26. The second-order valence-electron chi connectivity index (χ2n) is 5.15. The minimum absolute atomic E-state index is 0.924. The summed E-state index contributed by atoms with van der Waals surface area (Å²) in [4.78, 5) is 8.15. The van der Waals surface area contributed by atoms with E-state index in [0.717, 1.165) is 30.2 Å². The summed E-state index contributed by atoms with van der Waals surface area (Å²) < 4.78 is 0. The van der Waals surface area contributed by atoms with Crippen LogP contribution < -0.4 is 10.2 Å². The topological polar surface area (TPSA) is 28.2 Å². The molecule has 108 valence electrons. The van der Waals surface area contributed by atoms with Gasteiger partial charge in [0.05, 0.1) is 5.69 Å². The van der Waals surface area contributed by atoms with Gasteiger partial charge < -0.3 is 10.2 Å². The van der Waals surface area contributed by atoms with Crippen LogP contribution in [0.25, 0.3) is 10.6 Å². The molecule has 0 amide bonds. The summed E-state index contributed by atoms with van der Waals surface area (Å²) in [7, 11) is 4.11. The van der Waals surface area contributed by atoms with E-state index in [1.165, 1.54) is 16.1 Å². The highest BCUT2D eigenvalue weighted by Crippen LogP contribution is 2.29. The fourth-order valence-corrected chi connectivity index (χ4v) is 3.03. The normalized spacial score (nSPS) is 10.8. The Bertz CT molecular complexity index is 543. The maximum atomic E-state index is 4.70. The van der Waals surface area contributed by atoms with Crippen LogP contribution in [0, 0.1) is 6.92 Å². The quantitative estimate of drug-likeness (QED) is 0.822. The second kappa shape index (κ2) is 6.86. The number of hydrogen-bond acceptors (Lipinski definition) is 4. The minimum Gasteiger partial charge on any atom is -0.378 e. The predicted octanol–water partition coefficient (Wildman–Crippen LogP) is 3.68. The lowest BCUT2D eigenvalue weighted by molar-refractivity contribution is 0.678. The van der Waals surface area contributed by atoms with Crippen molar-refractivity contribution in [3.63, 3.8) is 0 Å².